The number of unbranched alkanes of at least 4 members (excludes halogenated alkanes) is 2. The Morgan fingerprint density at radius 1 is 1.36 bits per heavy atom. The van der Waals surface area contributed by atoms with E-state index < -0.39 is 7.32 Å². The van der Waals surface area contributed by atoms with Crippen LogP contribution in [0.15, 0.2) is 12.2 Å². The average Bonchev–Trinajstić information content (AvgIpc) is 1.96. The Hall–Kier alpha value is -0.315. The van der Waals surface area contributed by atoms with Crippen molar-refractivity contribution in [2.75, 3.05) is 6.61 Å². The summed E-state index contributed by atoms with van der Waals surface area (Å²) in [6.45, 7) is 2.39. The fraction of sp³-hybridized carbons (Fsp3) is 0.714. The van der Waals surface area contributed by atoms with E-state index in [1.165, 1.54) is 6.42 Å². The largest absolute Gasteiger partial charge is 0.634 e. The first-order chi connectivity index (χ1) is 5.27. The highest BCUT2D eigenvalue weighted by Gasteiger charge is 2.04. The first-order valence-corrected chi connectivity index (χ1v) is 3.90. The molecule has 0 aromatic rings. The summed E-state index contributed by atoms with van der Waals surface area (Å²) in [6.07, 6.45) is 7.13. The monoisotopic (exact) mass is 158 g/mol. The third-order valence-electron chi connectivity index (χ3n) is 1.23. The molecule has 11 heavy (non-hydrogen) atoms. The van der Waals surface area contributed by atoms with Gasteiger partial charge in [-0.25, -0.2) is 0 Å². The zero-order chi connectivity index (χ0) is 8.53. The number of allylic oxidation sites excluding steroid dienone is 1. The molecule has 0 aromatic heterocycles. The van der Waals surface area contributed by atoms with Crippen molar-refractivity contribution in [2.45, 2.75) is 26.2 Å². The molecule has 0 rings (SSSR count). The molecule has 0 spiro atoms. The first kappa shape index (κ1) is 10.7. The zero-order valence-corrected chi connectivity index (χ0v) is 6.86. The van der Waals surface area contributed by atoms with E-state index in [0.29, 0.717) is 0 Å². The Labute approximate surface area is 67.9 Å². The topological polar surface area (TPSA) is 49.7 Å². The Morgan fingerprint density at radius 2 is 2.09 bits per heavy atom. The maximum absolute atomic E-state index is 8.25. The SMILES string of the molecule is CCCCC=CCOB(O)O. The van der Waals surface area contributed by atoms with Gasteiger partial charge in [-0.3, -0.25) is 0 Å². The minimum atomic E-state index is -1.65. The Bertz CT molecular complexity index is 104. The lowest BCUT2D eigenvalue weighted by Gasteiger charge is -1.95. The highest BCUT2D eigenvalue weighted by Crippen LogP contribution is 1.94. The van der Waals surface area contributed by atoms with E-state index in [1.54, 1.807) is 6.08 Å². The lowest BCUT2D eigenvalue weighted by atomic mass is 10.2. The van der Waals surface area contributed by atoms with E-state index in [4.69, 9.17) is 10.0 Å². The molecule has 0 radical (unpaired) electrons. The van der Waals surface area contributed by atoms with Crippen molar-refractivity contribution in [3.63, 3.8) is 0 Å². The molecule has 0 aliphatic carbocycles. The molecule has 0 saturated carbocycles. The van der Waals surface area contributed by atoms with Gasteiger partial charge in [-0.15, -0.1) is 0 Å². The summed E-state index contributed by atoms with van der Waals surface area (Å²) < 4.78 is 4.45. The maximum atomic E-state index is 8.25. The normalized spacial score (nSPS) is 10.8. The predicted octanol–water partition coefficient (Wildman–Crippen LogP) is 0.719. The van der Waals surface area contributed by atoms with E-state index in [1.807, 2.05) is 6.08 Å². The molecular formula is C7H15BO3. The molecule has 0 bridgehead atoms. The Kier molecular flexibility index (Phi) is 7.57. The van der Waals surface area contributed by atoms with Crippen LogP contribution in [-0.4, -0.2) is 24.0 Å². The minimum Gasteiger partial charge on any atom is -0.402 e. The van der Waals surface area contributed by atoms with Crippen molar-refractivity contribution in [3.05, 3.63) is 12.2 Å². The highest BCUT2D eigenvalue weighted by atomic mass is 16.6. The van der Waals surface area contributed by atoms with Crippen molar-refractivity contribution in [1.29, 1.82) is 0 Å². The van der Waals surface area contributed by atoms with Crippen molar-refractivity contribution < 1.29 is 14.7 Å². The van der Waals surface area contributed by atoms with Crippen LogP contribution in [0.5, 0.6) is 0 Å². The van der Waals surface area contributed by atoms with Gasteiger partial charge in [0.05, 0.1) is 6.61 Å². The van der Waals surface area contributed by atoms with Gasteiger partial charge in [-0.2, -0.15) is 0 Å². The lowest BCUT2D eigenvalue weighted by Crippen LogP contribution is -2.16. The second-order valence-electron chi connectivity index (χ2n) is 2.27. The third-order valence-corrected chi connectivity index (χ3v) is 1.23. The van der Waals surface area contributed by atoms with E-state index in [-0.39, 0.29) is 6.61 Å². The average molecular weight is 158 g/mol. The number of hydrogen-bond donors (Lipinski definition) is 2. The smallest absolute Gasteiger partial charge is 0.402 e. The van der Waals surface area contributed by atoms with Crippen LogP contribution in [0, 0.1) is 0 Å². The molecule has 0 amide bonds. The molecule has 0 heterocycles. The summed E-state index contributed by atoms with van der Waals surface area (Å²) >= 11 is 0. The first-order valence-electron chi connectivity index (χ1n) is 3.90. The van der Waals surface area contributed by atoms with Crippen molar-refractivity contribution in [2.24, 2.45) is 0 Å². The van der Waals surface area contributed by atoms with E-state index in [2.05, 4.69) is 11.6 Å². The van der Waals surface area contributed by atoms with E-state index >= 15 is 0 Å². The molecule has 3 nitrogen and oxygen atoms in total. The summed E-state index contributed by atoms with van der Waals surface area (Å²) in [5, 5.41) is 16.5. The van der Waals surface area contributed by atoms with Crippen LogP contribution in [0.25, 0.3) is 0 Å². The molecule has 0 aromatic carbocycles. The quantitative estimate of drug-likeness (QED) is 0.340. The summed E-state index contributed by atoms with van der Waals surface area (Å²) in [6, 6.07) is 0. The standard InChI is InChI=1S/C7H15BO3/c1-2-3-4-5-6-7-11-8(9)10/h5-6,9-10H,2-4,7H2,1H3. The van der Waals surface area contributed by atoms with Gasteiger partial charge >= 0.3 is 7.32 Å². The molecule has 0 saturated heterocycles. The van der Waals surface area contributed by atoms with Gasteiger partial charge < -0.3 is 14.7 Å². The number of hydrogen-bond acceptors (Lipinski definition) is 3. The van der Waals surface area contributed by atoms with Crippen LogP contribution in [0.2, 0.25) is 0 Å². The third kappa shape index (κ3) is 9.68. The molecule has 4 heteroatoms. The van der Waals surface area contributed by atoms with Crippen LogP contribution in [-0.2, 0) is 4.65 Å². The molecule has 0 aliphatic rings. The van der Waals surface area contributed by atoms with Gasteiger partial charge in [0, 0.05) is 0 Å². The van der Waals surface area contributed by atoms with Gasteiger partial charge in [0.15, 0.2) is 0 Å². The van der Waals surface area contributed by atoms with Crippen LogP contribution >= 0.6 is 0 Å². The van der Waals surface area contributed by atoms with Gasteiger partial charge in [0.1, 0.15) is 0 Å². The molecule has 0 unspecified atom stereocenters. The van der Waals surface area contributed by atoms with Crippen molar-refractivity contribution in [3.8, 4) is 0 Å². The second-order valence-corrected chi connectivity index (χ2v) is 2.27. The Balaban J connectivity index is 3.03. The van der Waals surface area contributed by atoms with Crippen molar-refractivity contribution in [1.82, 2.24) is 0 Å². The lowest BCUT2D eigenvalue weighted by molar-refractivity contribution is 0.206. The Morgan fingerprint density at radius 3 is 2.64 bits per heavy atom. The van der Waals surface area contributed by atoms with Crippen LogP contribution < -0.4 is 0 Å². The molecule has 0 aliphatic heterocycles. The molecule has 0 fully saturated rings. The molecule has 0 atom stereocenters. The summed E-state index contributed by atoms with van der Waals surface area (Å²) in [5.74, 6) is 0. The van der Waals surface area contributed by atoms with E-state index in [0.717, 1.165) is 12.8 Å². The van der Waals surface area contributed by atoms with E-state index in [9.17, 15) is 0 Å². The summed E-state index contributed by atoms with van der Waals surface area (Å²) in [7, 11) is -1.65. The summed E-state index contributed by atoms with van der Waals surface area (Å²) in [4.78, 5) is 0. The molecular weight excluding hydrogens is 143 g/mol. The van der Waals surface area contributed by atoms with Crippen LogP contribution in [0.3, 0.4) is 0 Å². The van der Waals surface area contributed by atoms with Gasteiger partial charge in [-0.05, 0) is 6.42 Å². The second kappa shape index (κ2) is 7.79. The fourth-order valence-corrected chi connectivity index (χ4v) is 0.649. The molecule has 2 N–H and O–H groups in total. The minimum absolute atomic E-state index is 0.265. The van der Waals surface area contributed by atoms with Crippen LogP contribution in [0.4, 0.5) is 0 Å². The predicted molar refractivity (Wildman–Crippen MR) is 44.8 cm³/mol. The highest BCUT2D eigenvalue weighted by molar-refractivity contribution is 6.32. The van der Waals surface area contributed by atoms with Crippen LogP contribution in [0.1, 0.15) is 26.2 Å². The zero-order valence-electron chi connectivity index (χ0n) is 6.86. The number of rotatable bonds is 6. The van der Waals surface area contributed by atoms with Crippen molar-refractivity contribution >= 4 is 7.32 Å². The van der Waals surface area contributed by atoms with Gasteiger partial charge in [-0.1, -0.05) is 31.9 Å². The maximum Gasteiger partial charge on any atom is 0.634 e. The summed E-state index contributed by atoms with van der Waals surface area (Å²) in [5.41, 5.74) is 0. The van der Waals surface area contributed by atoms with Gasteiger partial charge in [0.25, 0.3) is 0 Å². The van der Waals surface area contributed by atoms with Gasteiger partial charge in [0.2, 0.25) is 0 Å². The fourth-order valence-electron chi connectivity index (χ4n) is 0.649. The molecule has 64 valence electrons.